The van der Waals surface area contributed by atoms with Gasteiger partial charge in [-0.05, 0) is 57.1 Å². The van der Waals surface area contributed by atoms with Gasteiger partial charge in [-0.1, -0.05) is 19.1 Å². The molecule has 1 atom stereocenters. The Morgan fingerprint density at radius 1 is 1.09 bits per heavy atom. The van der Waals surface area contributed by atoms with Crippen LogP contribution in [-0.4, -0.2) is 48.8 Å². The van der Waals surface area contributed by atoms with Crippen LogP contribution >= 0.6 is 0 Å². The van der Waals surface area contributed by atoms with Crippen molar-refractivity contribution in [2.24, 2.45) is 11.8 Å². The van der Waals surface area contributed by atoms with Gasteiger partial charge in [0.2, 0.25) is 11.8 Å². The molecule has 2 heterocycles. The Balaban J connectivity index is 1.74. The largest absolute Gasteiger partial charge is 0.478 e. The molecule has 1 N–H and O–H groups in total. The van der Waals surface area contributed by atoms with Crippen molar-refractivity contribution in [2.45, 2.75) is 52.0 Å². The number of carboxylic acid groups (broad SMARTS) is 1. The number of nitrogens with zero attached hydrogens (tertiary/aromatic N) is 1. The number of hydrogen-bond acceptors (Lipinski definition) is 6. The van der Waals surface area contributed by atoms with Gasteiger partial charge in [0.15, 0.2) is 0 Å². The third-order valence-corrected chi connectivity index (χ3v) is 6.72. The molecule has 1 aliphatic carbocycles. The molecule has 2 aromatic rings. The predicted octanol–water partition coefficient (Wildman–Crippen LogP) is 4.77. The number of carbonyl (C=O) groups excluding carboxylic acids is 2. The van der Waals surface area contributed by atoms with Crippen LogP contribution in [0.1, 0.15) is 66.7 Å². The van der Waals surface area contributed by atoms with Gasteiger partial charge in [0.1, 0.15) is 11.3 Å². The van der Waals surface area contributed by atoms with Crippen LogP contribution in [0.25, 0.3) is 11.3 Å². The van der Waals surface area contributed by atoms with Crippen molar-refractivity contribution in [2.75, 3.05) is 24.7 Å². The number of carbonyl (C=O) groups is 3. The molecule has 182 valence electrons. The topological polar surface area (TPSA) is 106 Å². The first-order valence-electron chi connectivity index (χ1n) is 11.9. The number of amides is 1. The number of carboxylic acids is 1. The van der Waals surface area contributed by atoms with Crippen molar-refractivity contribution >= 4 is 23.7 Å². The number of hydrogen-bond donors (Lipinski definition) is 1. The fourth-order valence-electron chi connectivity index (χ4n) is 4.71. The Bertz CT molecular complexity index is 1030. The number of rotatable bonds is 7. The molecule has 0 spiro atoms. The van der Waals surface area contributed by atoms with Crippen LogP contribution in [0.5, 0.6) is 0 Å². The average Bonchev–Trinajstić information content (AvgIpc) is 3.51. The molecule has 4 rings (SSSR count). The molecule has 1 aromatic carbocycles. The van der Waals surface area contributed by atoms with Crippen molar-refractivity contribution in [3.63, 3.8) is 0 Å². The summed E-state index contributed by atoms with van der Waals surface area (Å²) in [6.45, 7) is 5.03. The lowest BCUT2D eigenvalue weighted by Gasteiger charge is -2.33. The van der Waals surface area contributed by atoms with Crippen molar-refractivity contribution in [3.8, 4) is 11.3 Å². The lowest BCUT2D eigenvalue weighted by Crippen LogP contribution is -2.45. The molecule has 1 saturated heterocycles. The molecular formula is C26H31NO7. The molecule has 8 nitrogen and oxygen atoms in total. The van der Waals surface area contributed by atoms with Crippen LogP contribution in [0.2, 0.25) is 0 Å². The summed E-state index contributed by atoms with van der Waals surface area (Å²) in [5.41, 5.74) is 0.930. The fourth-order valence-corrected chi connectivity index (χ4v) is 4.71. The first kappa shape index (κ1) is 24.0. The zero-order valence-corrected chi connectivity index (χ0v) is 19.6. The number of anilines is 1. The van der Waals surface area contributed by atoms with Gasteiger partial charge in [-0.15, -0.1) is 0 Å². The molecule has 1 unspecified atom stereocenters. The summed E-state index contributed by atoms with van der Waals surface area (Å²) >= 11 is 0. The Kier molecular flexibility index (Phi) is 7.36. The Labute approximate surface area is 198 Å². The van der Waals surface area contributed by atoms with Crippen molar-refractivity contribution in [1.82, 2.24) is 0 Å². The van der Waals surface area contributed by atoms with Gasteiger partial charge in [0.25, 0.3) is 0 Å². The molecule has 2 aliphatic rings. The fraction of sp³-hybridized carbons (Fsp3) is 0.500. The molecule has 1 amide bonds. The van der Waals surface area contributed by atoms with E-state index in [4.69, 9.17) is 13.9 Å². The second-order valence-corrected chi connectivity index (χ2v) is 9.11. The first-order chi connectivity index (χ1) is 16.4. The smallest absolute Gasteiger partial charge is 0.343 e. The summed E-state index contributed by atoms with van der Waals surface area (Å²) in [7, 11) is 0. The molecular weight excluding hydrogens is 438 g/mol. The van der Waals surface area contributed by atoms with E-state index in [1.807, 2.05) is 0 Å². The van der Waals surface area contributed by atoms with E-state index in [-0.39, 0.29) is 41.5 Å². The number of aromatic carboxylic acids is 1. The van der Waals surface area contributed by atoms with Crippen LogP contribution in [0.15, 0.2) is 34.7 Å². The van der Waals surface area contributed by atoms with Gasteiger partial charge in [0, 0.05) is 24.2 Å². The second-order valence-electron chi connectivity index (χ2n) is 9.11. The van der Waals surface area contributed by atoms with E-state index in [0.717, 1.165) is 25.7 Å². The second kappa shape index (κ2) is 10.4. The first-order valence-corrected chi connectivity index (χ1v) is 11.9. The molecule has 8 heteroatoms. The van der Waals surface area contributed by atoms with E-state index >= 15 is 0 Å². The minimum Gasteiger partial charge on any atom is -0.478 e. The highest BCUT2D eigenvalue weighted by molar-refractivity contribution is 6.03. The van der Waals surface area contributed by atoms with Gasteiger partial charge >= 0.3 is 11.9 Å². The lowest BCUT2D eigenvalue weighted by atomic mass is 9.82. The van der Waals surface area contributed by atoms with Gasteiger partial charge < -0.3 is 19.0 Å². The monoisotopic (exact) mass is 469 g/mol. The van der Waals surface area contributed by atoms with Gasteiger partial charge in [0.05, 0.1) is 24.8 Å². The average molecular weight is 470 g/mol. The number of benzene rings is 1. The SMILES string of the molecule is CCOC(=O)c1cc(-c2ccc(C(=O)O)cc2)oc1N(C(=O)C1CCC(C)CC1)C1CCOC1. The van der Waals surface area contributed by atoms with Crippen molar-refractivity contribution in [3.05, 3.63) is 41.5 Å². The van der Waals surface area contributed by atoms with Gasteiger partial charge in [-0.2, -0.15) is 0 Å². The van der Waals surface area contributed by atoms with E-state index in [1.54, 1.807) is 30.0 Å². The number of ether oxygens (including phenoxy) is 2. The van der Waals surface area contributed by atoms with Crippen LogP contribution in [0, 0.1) is 11.8 Å². The van der Waals surface area contributed by atoms with E-state index in [1.165, 1.54) is 12.1 Å². The lowest BCUT2D eigenvalue weighted by molar-refractivity contribution is -0.124. The van der Waals surface area contributed by atoms with Gasteiger partial charge in [-0.25, -0.2) is 9.59 Å². The summed E-state index contributed by atoms with van der Waals surface area (Å²) < 4.78 is 17.0. The molecule has 1 aromatic heterocycles. The molecule has 0 radical (unpaired) electrons. The normalized spacial score (nSPS) is 22.4. The maximum Gasteiger partial charge on any atom is 0.343 e. The van der Waals surface area contributed by atoms with Crippen LogP contribution in [-0.2, 0) is 14.3 Å². The van der Waals surface area contributed by atoms with Crippen LogP contribution < -0.4 is 4.90 Å². The molecule has 1 saturated carbocycles. The minimum absolute atomic E-state index is 0.0462. The predicted molar refractivity (Wildman–Crippen MR) is 125 cm³/mol. The summed E-state index contributed by atoms with van der Waals surface area (Å²) in [6.07, 6.45) is 4.26. The zero-order valence-electron chi connectivity index (χ0n) is 19.6. The van der Waals surface area contributed by atoms with E-state index < -0.39 is 11.9 Å². The highest BCUT2D eigenvalue weighted by atomic mass is 16.5. The standard InChI is InChI=1S/C26H31NO7/c1-3-33-26(31)21-14-22(17-8-10-19(11-9-17)25(29)30)34-24(21)27(20-12-13-32-15-20)23(28)18-6-4-16(2)5-7-18/h8-11,14,16,18,20H,3-7,12-13,15H2,1-2H3,(H,29,30). The van der Waals surface area contributed by atoms with E-state index in [9.17, 15) is 19.5 Å². The molecule has 0 bridgehead atoms. The molecule has 1 aliphatic heterocycles. The Morgan fingerprint density at radius 2 is 1.79 bits per heavy atom. The Morgan fingerprint density at radius 3 is 2.38 bits per heavy atom. The highest BCUT2D eigenvalue weighted by Gasteiger charge is 2.39. The van der Waals surface area contributed by atoms with Crippen molar-refractivity contribution < 1.29 is 33.4 Å². The maximum absolute atomic E-state index is 13.8. The zero-order chi connectivity index (χ0) is 24.2. The van der Waals surface area contributed by atoms with Crippen LogP contribution in [0.4, 0.5) is 5.88 Å². The number of esters is 1. The minimum atomic E-state index is -1.03. The third-order valence-electron chi connectivity index (χ3n) is 6.72. The van der Waals surface area contributed by atoms with Crippen LogP contribution in [0.3, 0.4) is 0 Å². The summed E-state index contributed by atoms with van der Waals surface area (Å²) in [5, 5.41) is 9.18. The summed E-state index contributed by atoms with van der Waals surface area (Å²) in [4.78, 5) is 39.5. The highest BCUT2D eigenvalue weighted by Crippen LogP contribution is 2.38. The quantitative estimate of drug-likeness (QED) is 0.582. The maximum atomic E-state index is 13.8. The third kappa shape index (κ3) is 5.01. The summed E-state index contributed by atoms with van der Waals surface area (Å²) in [6, 6.07) is 7.53. The number of furan rings is 1. The molecule has 34 heavy (non-hydrogen) atoms. The van der Waals surface area contributed by atoms with E-state index in [2.05, 4.69) is 6.92 Å². The summed E-state index contributed by atoms with van der Waals surface area (Å²) in [5.74, 6) is -0.627. The van der Waals surface area contributed by atoms with Gasteiger partial charge in [-0.3, -0.25) is 9.69 Å². The molecule has 2 fully saturated rings. The Hall–Kier alpha value is -3.13. The van der Waals surface area contributed by atoms with Crippen molar-refractivity contribution in [1.29, 1.82) is 0 Å². The van der Waals surface area contributed by atoms with E-state index in [0.29, 0.717) is 36.9 Å².